The Balaban J connectivity index is 2.10. The van der Waals surface area contributed by atoms with Crippen molar-refractivity contribution in [3.05, 3.63) is 46.4 Å². The van der Waals surface area contributed by atoms with Gasteiger partial charge in [0.2, 0.25) is 0 Å². The predicted octanol–water partition coefficient (Wildman–Crippen LogP) is 2.73. The van der Waals surface area contributed by atoms with E-state index in [2.05, 4.69) is 34.1 Å². The van der Waals surface area contributed by atoms with Crippen LogP contribution in [-0.2, 0) is 11.2 Å². The van der Waals surface area contributed by atoms with Crippen LogP contribution in [0.15, 0.2) is 35.8 Å². The lowest BCUT2D eigenvalue weighted by atomic mass is 10.0. The van der Waals surface area contributed by atoms with E-state index in [-0.39, 0.29) is 5.92 Å². The Labute approximate surface area is 111 Å². The summed E-state index contributed by atoms with van der Waals surface area (Å²) < 4.78 is 0. The molecule has 2 rings (SSSR count). The summed E-state index contributed by atoms with van der Waals surface area (Å²) in [7, 11) is 4.03. The zero-order valence-electron chi connectivity index (χ0n) is 10.5. The van der Waals surface area contributed by atoms with Crippen LogP contribution in [0.2, 0.25) is 0 Å². The number of benzene rings is 1. The van der Waals surface area contributed by atoms with Gasteiger partial charge in [-0.2, -0.15) is 0 Å². The van der Waals surface area contributed by atoms with Crippen molar-refractivity contribution in [1.82, 2.24) is 4.98 Å². The van der Waals surface area contributed by atoms with Gasteiger partial charge in [-0.25, -0.2) is 4.98 Å². The van der Waals surface area contributed by atoms with Gasteiger partial charge in [-0.1, -0.05) is 12.1 Å². The lowest BCUT2D eigenvalue weighted by molar-refractivity contribution is -0.109. The molecular weight excluding hydrogens is 244 g/mol. The van der Waals surface area contributed by atoms with Crippen molar-refractivity contribution >= 4 is 23.3 Å². The molecule has 18 heavy (non-hydrogen) atoms. The van der Waals surface area contributed by atoms with Crippen molar-refractivity contribution in [3.63, 3.8) is 0 Å². The summed E-state index contributed by atoms with van der Waals surface area (Å²) in [5.41, 5.74) is 2.32. The van der Waals surface area contributed by atoms with Gasteiger partial charge in [0.1, 0.15) is 11.3 Å². The lowest BCUT2D eigenvalue weighted by Gasteiger charge is -2.13. The molecule has 3 nitrogen and oxygen atoms in total. The van der Waals surface area contributed by atoms with Crippen molar-refractivity contribution in [2.75, 3.05) is 19.0 Å². The summed E-state index contributed by atoms with van der Waals surface area (Å²) >= 11 is 1.53. The highest BCUT2D eigenvalue weighted by Crippen LogP contribution is 2.22. The minimum absolute atomic E-state index is 0.129. The van der Waals surface area contributed by atoms with E-state index in [1.54, 1.807) is 6.20 Å². The first-order valence-electron chi connectivity index (χ1n) is 5.81. The van der Waals surface area contributed by atoms with Gasteiger partial charge in [0.25, 0.3) is 0 Å². The average Bonchev–Trinajstić information content (AvgIpc) is 2.90. The predicted molar refractivity (Wildman–Crippen MR) is 75.4 cm³/mol. The maximum Gasteiger partial charge on any atom is 0.130 e. The third-order valence-corrected chi connectivity index (χ3v) is 3.75. The Morgan fingerprint density at radius 2 is 2.06 bits per heavy atom. The largest absolute Gasteiger partial charge is 0.378 e. The number of nitrogens with zero attached hydrogens (tertiary/aromatic N) is 2. The monoisotopic (exact) mass is 260 g/mol. The fraction of sp³-hybridized carbons (Fsp3) is 0.286. The molecule has 1 unspecified atom stereocenters. The van der Waals surface area contributed by atoms with Gasteiger partial charge < -0.3 is 9.69 Å². The van der Waals surface area contributed by atoms with E-state index < -0.39 is 0 Å². The van der Waals surface area contributed by atoms with Crippen molar-refractivity contribution in [1.29, 1.82) is 0 Å². The number of carbonyl (C=O) groups excluding carboxylic acids is 1. The van der Waals surface area contributed by atoms with E-state index in [9.17, 15) is 4.79 Å². The summed E-state index contributed by atoms with van der Waals surface area (Å²) in [6.45, 7) is 0. The van der Waals surface area contributed by atoms with Crippen LogP contribution in [0.3, 0.4) is 0 Å². The first kappa shape index (κ1) is 12.8. The molecule has 0 amide bonds. The Morgan fingerprint density at radius 1 is 1.33 bits per heavy atom. The topological polar surface area (TPSA) is 33.2 Å². The van der Waals surface area contributed by atoms with Crippen molar-refractivity contribution in [2.24, 2.45) is 0 Å². The second-order valence-electron chi connectivity index (χ2n) is 4.38. The summed E-state index contributed by atoms with van der Waals surface area (Å²) in [6, 6.07) is 8.27. The van der Waals surface area contributed by atoms with E-state index in [1.165, 1.54) is 11.3 Å². The molecule has 0 saturated heterocycles. The van der Waals surface area contributed by atoms with Crippen LogP contribution in [-0.4, -0.2) is 25.4 Å². The standard InChI is InChI=1S/C14H16N2OS/c1-16(2)13-5-3-11(4-6-13)9-12(10-17)14-15-7-8-18-14/h3-8,10,12H,9H2,1-2H3. The van der Waals surface area contributed by atoms with Crippen LogP contribution < -0.4 is 4.90 Å². The number of aromatic nitrogens is 1. The second-order valence-corrected chi connectivity index (χ2v) is 5.30. The highest BCUT2D eigenvalue weighted by Gasteiger charge is 2.13. The maximum atomic E-state index is 11.1. The number of anilines is 1. The smallest absolute Gasteiger partial charge is 0.130 e. The number of rotatable bonds is 5. The molecule has 0 N–H and O–H groups in total. The molecule has 1 heterocycles. The van der Waals surface area contributed by atoms with Crippen molar-refractivity contribution in [2.45, 2.75) is 12.3 Å². The number of carbonyl (C=O) groups is 1. The van der Waals surface area contributed by atoms with Crippen LogP contribution in [0.25, 0.3) is 0 Å². The molecule has 0 saturated carbocycles. The molecule has 2 aromatic rings. The summed E-state index contributed by atoms with van der Waals surface area (Å²) in [4.78, 5) is 17.4. The molecule has 0 aliphatic carbocycles. The number of thiazole rings is 1. The van der Waals surface area contributed by atoms with Gasteiger partial charge in [-0.05, 0) is 24.1 Å². The molecule has 0 aliphatic rings. The summed E-state index contributed by atoms with van der Waals surface area (Å²) in [5.74, 6) is -0.129. The maximum absolute atomic E-state index is 11.1. The van der Waals surface area contributed by atoms with E-state index in [1.807, 2.05) is 19.5 Å². The fourth-order valence-corrected chi connectivity index (χ4v) is 2.49. The fourth-order valence-electron chi connectivity index (χ4n) is 1.80. The Hall–Kier alpha value is -1.68. The Morgan fingerprint density at radius 3 is 2.56 bits per heavy atom. The summed E-state index contributed by atoms with van der Waals surface area (Å²) in [5, 5.41) is 2.79. The number of hydrogen-bond donors (Lipinski definition) is 0. The molecule has 0 bridgehead atoms. The lowest BCUT2D eigenvalue weighted by Crippen LogP contribution is -2.09. The van der Waals surface area contributed by atoms with Gasteiger partial charge in [0.15, 0.2) is 0 Å². The first-order valence-corrected chi connectivity index (χ1v) is 6.69. The molecule has 4 heteroatoms. The van der Waals surface area contributed by atoms with Crippen molar-refractivity contribution < 1.29 is 4.79 Å². The van der Waals surface area contributed by atoms with E-state index in [0.717, 1.165) is 22.5 Å². The van der Waals surface area contributed by atoms with Gasteiger partial charge in [0, 0.05) is 31.4 Å². The van der Waals surface area contributed by atoms with Gasteiger partial charge in [-0.3, -0.25) is 0 Å². The average molecular weight is 260 g/mol. The molecule has 0 aliphatic heterocycles. The molecule has 94 valence electrons. The van der Waals surface area contributed by atoms with E-state index >= 15 is 0 Å². The Bertz CT molecular complexity index is 491. The van der Waals surface area contributed by atoms with Gasteiger partial charge in [0.05, 0.1) is 5.92 Å². The molecule has 0 spiro atoms. The highest BCUT2D eigenvalue weighted by atomic mass is 32.1. The normalized spacial score (nSPS) is 12.1. The molecular formula is C14H16N2OS. The minimum Gasteiger partial charge on any atom is -0.378 e. The third-order valence-electron chi connectivity index (χ3n) is 2.84. The molecule has 0 fully saturated rings. The SMILES string of the molecule is CN(C)c1ccc(CC(C=O)c2nccs2)cc1. The molecule has 1 atom stereocenters. The molecule has 1 aromatic carbocycles. The van der Waals surface area contributed by atoms with Gasteiger partial charge >= 0.3 is 0 Å². The van der Waals surface area contributed by atoms with E-state index in [0.29, 0.717) is 6.42 Å². The zero-order chi connectivity index (χ0) is 13.0. The van der Waals surface area contributed by atoms with Crippen LogP contribution in [0.5, 0.6) is 0 Å². The van der Waals surface area contributed by atoms with Crippen LogP contribution in [0.1, 0.15) is 16.5 Å². The highest BCUT2D eigenvalue weighted by molar-refractivity contribution is 7.09. The Kier molecular flexibility index (Phi) is 4.10. The molecule has 1 aromatic heterocycles. The number of hydrogen-bond acceptors (Lipinski definition) is 4. The molecule has 0 radical (unpaired) electrons. The second kappa shape index (κ2) is 5.78. The van der Waals surface area contributed by atoms with Crippen LogP contribution >= 0.6 is 11.3 Å². The van der Waals surface area contributed by atoms with Crippen LogP contribution in [0.4, 0.5) is 5.69 Å². The van der Waals surface area contributed by atoms with Crippen LogP contribution in [0, 0.1) is 0 Å². The van der Waals surface area contributed by atoms with Crippen molar-refractivity contribution in [3.8, 4) is 0 Å². The van der Waals surface area contributed by atoms with Gasteiger partial charge in [-0.15, -0.1) is 11.3 Å². The zero-order valence-corrected chi connectivity index (χ0v) is 11.4. The number of aldehydes is 1. The minimum atomic E-state index is -0.129. The third kappa shape index (κ3) is 2.96. The summed E-state index contributed by atoms with van der Waals surface area (Å²) in [6.07, 6.45) is 3.44. The quantitative estimate of drug-likeness (QED) is 0.775. The van der Waals surface area contributed by atoms with E-state index in [4.69, 9.17) is 0 Å². The first-order chi connectivity index (χ1) is 8.70.